The summed E-state index contributed by atoms with van der Waals surface area (Å²) in [4.78, 5) is 33.0. The molecule has 0 spiro atoms. The van der Waals surface area contributed by atoms with Gasteiger partial charge >= 0.3 is 0 Å². The number of rotatable bonds is 4. The summed E-state index contributed by atoms with van der Waals surface area (Å²) in [6.07, 6.45) is 3.57. The number of piperazine rings is 1. The molecular formula is C25H27N3O3. The second-order valence-electron chi connectivity index (χ2n) is 8.50. The molecule has 0 unspecified atom stereocenters. The van der Waals surface area contributed by atoms with E-state index in [4.69, 9.17) is 0 Å². The number of pyridine rings is 1. The minimum absolute atomic E-state index is 0.00458. The third-order valence-corrected chi connectivity index (χ3v) is 5.98. The van der Waals surface area contributed by atoms with Crippen molar-refractivity contribution in [1.29, 1.82) is 0 Å². The average Bonchev–Trinajstić information content (AvgIpc) is 2.75. The second kappa shape index (κ2) is 8.91. The third kappa shape index (κ3) is 4.33. The van der Waals surface area contributed by atoms with E-state index in [1.54, 1.807) is 28.3 Å². The van der Waals surface area contributed by atoms with Crippen LogP contribution in [-0.4, -0.2) is 63.5 Å². The summed E-state index contributed by atoms with van der Waals surface area (Å²) in [5, 5.41) is 9.94. The van der Waals surface area contributed by atoms with E-state index >= 15 is 0 Å². The van der Waals surface area contributed by atoms with E-state index in [9.17, 15) is 14.7 Å². The van der Waals surface area contributed by atoms with Gasteiger partial charge < -0.3 is 14.9 Å². The first kappa shape index (κ1) is 21.1. The third-order valence-electron chi connectivity index (χ3n) is 5.98. The van der Waals surface area contributed by atoms with Gasteiger partial charge in [0.1, 0.15) is 0 Å². The molecule has 2 aliphatic heterocycles. The zero-order valence-corrected chi connectivity index (χ0v) is 17.9. The van der Waals surface area contributed by atoms with E-state index < -0.39 is 0 Å². The van der Waals surface area contributed by atoms with Crippen molar-refractivity contribution in [2.45, 2.75) is 38.3 Å². The van der Waals surface area contributed by atoms with Crippen LogP contribution in [0.15, 0.2) is 48.8 Å². The Morgan fingerprint density at radius 2 is 2.03 bits per heavy atom. The lowest BCUT2D eigenvalue weighted by atomic mass is 9.73. The molecule has 2 amide bonds. The highest BCUT2D eigenvalue weighted by molar-refractivity contribution is 5.88. The number of hydrogen-bond acceptors (Lipinski definition) is 4. The number of aromatic nitrogens is 1. The summed E-state index contributed by atoms with van der Waals surface area (Å²) >= 11 is 0. The van der Waals surface area contributed by atoms with Crippen molar-refractivity contribution in [1.82, 2.24) is 14.8 Å². The van der Waals surface area contributed by atoms with Gasteiger partial charge in [0.15, 0.2) is 0 Å². The SMILES string of the molecule is CC(C)C#Cc1ccc([C@H]2[C@H](CO)N3C(=O)CN(C(=O)Cc4cccnc4)C[C@@H]23)cc1. The molecule has 31 heavy (non-hydrogen) atoms. The van der Waals surface area contributed by atoms with Gasteiger partial charge in [0.25, 0.3) is 0 Å². The fraction of sp³-hybridized carbons (Fsp3) is 0.400. The van der Waals surface area contributed by atoms with Crippen LogP contribution in [0.3, 0.4) is 0 Å². The minimum Gasteiger partial charge on any atom is -0.394 e. The maximum absolute atomic E-state index is 12.8. The number of nitrogens with zero attached hydrogens (tertiary/aromatic N) is 3. The normalized spacial score (nSPS) is 22.5. The summed E-state index contributed by atoms with van der Waals surface area (Å²) in [6.45, 7) is 4.55. The highest BCUT2D eigenvalue weighted by Gasteiger charge is 2.54. The number of amides is 2. The van der Waals surface area contributed by atoms with E-state index in [0.29, 0.717) is 12.5 Å². The van der Waals surface area contributed by atoms with Crippen LogP contribution < -0.4 is 0 Å². The van der Waals surface area contributed by atoms with Crippen molar-refractivity contribution < 1.29 is 14.7 Å². The van der Waals surface area contributed by atoms with Crippen molar-refractivity contribution >= 4 is 11.8 Å². The molecule has 2 aromatic rings. The first-order valence-electron chi connectivity index (χ1n) is 10.7. The van der Waals surface area contributed by atoms with Gasteiger partial charge in [0.05, 0.1) is 31.7 Å². The monoisotopic (exact) mass is 417 g/mol. The molecule has 2 aliphatic rings. The number of carbonyl (C=O) groups excluding carboxylic acids is 2. The zero-order chi connectivity index (χ0) is 22.0. The lowest BCUT2D eigenvalue weighted by molar-refractivity contribution is -0.166. The molecule has 0 bridgehead atoms. The van der Waals surface area contributed by atoms with Gasteiger partial charge in [-0.15, -0.1) is 0 Å². The molecule has 160 valence electrons. The lowest BCUT2D eigenvalue weighted by Gasteiger charge is -2.58. The van der Waals surface area contributed by atoms with Gasteiger partial charge in [-0.05, 0) is 29.3 Å². The van der Waals surface area contributed by atoms with E-state index in [-0.39, 0.29) is 49.4 Å². The van der Waals surface area contributed by atoms with Crippen molar-refractivity contribution in [2.75, 3.05) is 19.7 Å². The molecular weight excluding hydrogens is 390 g/mol. The Labute approximate surface area is 182 Å². The first-order chi connectivity index (χ1) is 15.0. The number of fused-ring (bicyclic) bond motifs is 1. The lowest BCUT2D eigenvalue weighted by Crippen LogP contribution is -2.73. The molecule has 1 aromatic heterocycles. The number of benzene rings is 1. The average molecular weight is 418 g/mol. The Hall–Kier alpha value is -3.17. The maximum atomic E-state index is 12.8. The molecule has 2 saturated heterocycles. The number of hydrogen-bond donors (Lipinski definition) is 1. The Balaban J connectivity index is 1.50. The minimum atomic E-state index is -0.249. The van der Waals surface area contributed by atoms with Crippen LogP contribution in [0.25, 0.3) is 0 Å². The Morgan fingerprint density at radius 1 is 1.26 bits per heavy atom. The van der Waals surface area contributed by atoms with Crippen molar-refractivity contribution in [3.05, 3.63) is 65.5 Å². The zero-order valence-electron chi connectivity index (χ0n) is 17.9. The number of aliphatic hydroxyl groups excluding tert-OH is 1. The molecule has 3 atom stereocenters. The molecule has 0 saturated carbocycles. The number of carbonyl (C=O) groups is 2. The van der Waals surface area contributed by atoms with E-state index in [0.717, 1.165) is 16.7 Å². The van der Waals surface area contributed by atoms with Gasteiger partial charge in [-0.3, -0.25) is 14.6 Å². The Morgan fingerprint density at radius 3 is 2.68 bits per heavy atom. The highest BCUT2D eigenvalue weighted by atomic mass is 16.3. The first-order valence-corrected chi connectivity index (χ1v) is 10.7. The van der Waals surface area contributed by atoms with Crippen molar-refractivity contribution in [2.24, 2.45) is 5.92 Å². The highest BCUT2D eigenvalue weighted by Crippen LogP contribution is 2.42. The smallest absolute Gasteiger partial charge is 0.242 e. The number of aliphatic hydroxyl groups is 1. The van der Waals surface area contributed by atoms with Gasteiger partial charge in [-0.1, -0.05) is 43.9 Å². The molecule has 1 aromatic carbocycles. The van der Waals surface area contributed by atoms with Gasteiger partial charge in [-0.2, -0.15) is 0 Å². The summed E-state index contributed by atoms with van der Waals surface area (Å²) in [5.74, 6) is 6.43. The largest absolute Gasteiger partial charge is 0.394 e. The fourth-order valence-corrected chi connectivity index (χ4v) is 4.49. The predicted molar refractivity (Wildman–Crippen MR) is 117 cm³/mol. The molecule has 3 heterocycles. The van der Waals surface area contributed by atoms with Crippen molar-refractivity contribution in [3.8, 4) is 11.8 Å². The van der Waals surface area contributed by atoms with Crippen molar-refractivity contribution in [3.63, 3.8) is 0 Å². The molecule has 6 nitrogen and oxygen atoms in total. The molecule has 0 radical (unpaired) electrons. The molecule has 6 heteroatoms. The summed E-state index contributed by atoms with van der Waals surface area (Å²) < 4.78 is 0. The van der Waals surface area contributed by atoms with Crippen LogP contribution in [0.4, 0.5) is 0 Å². The Bertz CT molecular complexity index is 1010. The van der Waals surface area contributed by atoms with Crippen LogP contribution in [0.2, 0.25) is 0 Å². The fourth-order valence-electron chi connectivity index (χ4n) is 4.49. The predicted octanol–water partition coefficient (Wildman–Crippen LogP) is 1.83. The standard InChI is InChI=1S/C25H27N3O3/c1-17(2)5-6-18-7-9-20(10-8-18)25-21-14-27(15-24(31)28(21)22(25)16-29)23(30)12-19-4-3-11-26-13-19/h3-4,7-11,13,17,21-22,25,29H,12,14-16H2,1-2H3/t21-,22-,25+/m0/s1. The van der Waals surface area contributed by atoms with E-state index in [2.05, 4.69) is 30.7 Å². The molecule has 1 N–H and O–H groups in total. The second-order valence-corrected chi connectivity index (χ2v) is 8.50. The molecule has 2 fully saturated rings. The van der Waals surface area contributed by atoms with Crippen LogP contribution >= 0.6 is 0 Å². The van der Waals surface area contributed by atoms with Gasteiger partial charge in [-0.25, -0.2) is 0 Å². The topological polar surface area (TPSA) is 73.7 Å². The molecule has 0 aliphatic carbocycles. The molecule has 4 rings (SSSR count). The van der Waals surface area contributed by atoms with Crippen LogP contribution in [0, 0.1) is 17.8 Å². The summed E-state index contributed by atoms with van der Waals surface area (Å²) in [6, 6.07) is 11.3. The van der Waals surface area contributed by atoms with Crippen LogP contribution in [0.5, 0.6) is 0 Å². The van der Waals surface area contributed by atoms with E-state index in [1.807, 2.05) is 30.3 Å². The summed E-state index contributed by atoms with van der Waals surface area (Å²) in [7, 11) is 0. The Kier molecular flexibility index (Phi) is 6.06. The van der Waals surface area contributed by atoms with Crippen LogP contribution in [-0.2, 0) is 16.0 Å². The maximum Gasteiger partial charge on any atom is 0.242 e. The van der Waals surface area contributed by atoms with Crippen LogP contribution in [0.1, 0.15) is 36.5 Å². The van der Waals surface area contributed by atoms with Gasteiger partial charge in [0.2, 0.25) is 11.8 Å². The van der Waals surface area contributed by atoms with E-state index in [1.165, 1.54) is 0 Å². The summed E-state index contributed by atoms with van der Waals surface area (Å²) in [5.41, 5.74) is 2.84. The quantitative estimate of drug-likeness (QED) is 0.771. The van der Waals surface area contributed by atoms with Gasteiger partial charge in [0, 0.05) is 36.3 Å².